The monoisotopic (exact) mass is 1230 g/mol. The van der Waals surface area contributed by atoms with Crippen molar-refractivity contribution in [2.75, 3.05) is 9.80 Å². The topological polar surface area (TPSA) is 32.8 Å². The smallest absolute Gasteiger partial charge is 0.252 e. The highest BCUT2D eigenvalue weighted by Gasteiger charge is 2.46. The number of hydrogen-bond donors (Lipinski definition) is 0. The molecule has 0 saturated carbocycles. The summed E-state index contributed by atoms with van der Waals surface area (Å²) in [5.41, 5.74) is 33.9. The summed E-state index contributed by atoms with van der Waals surface area (Å²) in [6, 6.07) is 126. The first kappa shape index (κ1) is 55.1. The summed E-state index contributed by atoms with van der Waals surface area (Å²) < 4.78 is 13.4. The molecular weight excluding hydrogens is 1180 g/mol. The molecule has 20 rings (SSSR count). The Labute approximate surface area is 562 Å². The Bertz CT molecular complexity index is 5540. The zero-order valence-corrected chi connectivity index (χ0v) is 52.9. The Morgan fingerprint density at radius 3 is 1.05 bits per heavy atom. The van der Waals surface area contributed by atoms with Gasteiger partial charge >= 0.3 is 0 Å². The average molecular weight is 1240 g/mol. The van der Waals surface area contributed by atoms with Crippen molar-refractivity contribution in [1.29, 1.82) is 0 Å². The molecule has 0 bridgehead atoms. The maximum atomic E-state index is 6.70. The van der Waals surface area contributed by atoms with Crippen LogP contribution in [0.15, 0.2) is 349 Å². The van der Waals surface area contributed by atoms with Crippen LogP contribution in [-0.2, 0) is 6.42 Å². The quantitative estimate of drug-likeness (QED) is 0.135. The van der Waals surface area contributed by atoms with Gasteiger partial charge in [-0.25, -0.2) is 0 Å². The van der Waals surface area contributed by atoms with E-state index in [0.29, 0.717) is 0 Å². The molecule has 3 aliphatic rings. The second-order valence-corrected chi connectivity index (χ2v) is 26.1. The van der Waals surface area contributed by atoms with Crippen LogP contribution in [0.4, 0.5) is 34.1 Å². The van der Waals surface area contributed by atoms with Crippen molar-refractivity contribution < 1.29 is 8.83 Å². The standard InChI is InChI=1S/C92H59BN2O2/c1-5-25-58(26-6-1)71-41-21-42-72(59-27-7-2-8-28-59)91(71)94-79-51-49-64(69-39-23-47-85-88(69)75-37-17-19-45-83(75)96-85)54-77(79)93-78-55-65(70-40-24-48-86-89(70)76-38-18-20-46-84(76)97-86)50-52-80(78)95(92-73(60-29-9-3-10-30-60)43-22-44-74(92)61-31-11-4-12-32-61)82-57-66(56-81(94)90(82)93)87-67-35-15-13-33-62(67)53-63-34-14-16-36-68(63)87/h1-52,54-57,87H,53H2. The summed E-state index contributed by atoms with van der Waals surface area (Å²) in [7, 11) is 0. The summed E-state index contributed by atoms with van der Waals surface area (Å²) in [6.45, 7) is -0.309. The highest BCUT2D eigenvalue weighted by molar-refractivity contribution is 7.00. The van der Waals surface area contributed by atoms with Gasteiger partial charge in [0.2, 0.25) is 0 Å². The minimum Gasteiger partial charge on any atom is -0.456 e. The van der Waals surface area contributed by atoms with Gasteiger partial charge in [-0.2, -0.15) is 0 Å². The summed E-state index contributed by atoms with van der Waals surface area (Å²) in [5.74, 6) is -0.108. The predicted molar refractivity (Wildman–Crippen MR) is 404 cm³/mol. The van der Waals surface area contributed by atoms with Gasteiger partial charge in [0.1, 0.15) is 22.3 Å². The molecule has 4 nitrogen and oxygen atoms in total. The molecule has 97 heavy (non-hydrogen) atoms. The number of nitrogens with zero attached hydrogens (tertiary/aromatic N) is 2. The zero-order valence-electron chi connectivity index (χ0n) is 52.9. The largest absolute Gasteiger partial charge is 0.456 e. The van der Waals surface area contributed by atoms with Crippen molar-refractivity contribution in [1.82, 2.24) is 0 Å². The van der Waals surface area contributed by atoms with Crippen LogP contribution in [0.2, 0.25) is 0 Å². The Morgan fingerprint density at radius 1 is 0.278 bits per heavy atom. The number of hydrogen-bond acceptors (Lipinski definition) is 4. The number of benzene rings is 15. The van der Waals surface area contributed by atoms with Crippen molar-refractivity contribution in [2.45, 2.75) is 12.3 Å². The summed E-state index contributed by atoms with van der Waals surface area (Å²) in [4.78, 5) is 5.37. The summed E-state index contributed by atoms with van der Waals surface area (Å²) in [5, 5.41) is 4.40. The fraction of sp³-hybridized carbons (Fsp3) is 0.0217. The van der Waals surface area contributed by atoms with Crippen molar-refractivity contribution >= 4 is 101 Å². The Hall–Kier alpha value is -12.4. The molecule has 5 heteroatoms. The third kappa shape index (κ3) is 8.65. The van der Waals surface area contributed by atoms with Gasteiger partial charge in [0.05, 0.1) is 11.4 Å². The van der Waals surface area contributed by atoms with Gasteiger partial charge in [-0.3, -0.25) is 0 Å². The van der Waals surface area contributed by atoms with Crippen LogP contribution in [0.25, 0.3) is 111 Å². The molecule has 0 atom stereocenters. The van der Waals surface area contributed by atoms with Crippen LogP contribution in [-0.4, -0.2) is 6.71 Å². The van der Waals surface area contributed by atoms with E-state index in [-0.39, 0.29) is 12.6 Å². The molecule has 0 spiro atoms. The molecule has 0 N–H and O–H groups in total. The number of fused-ring (bicyclic) bond motifs is 12. The minimum absolute atomic E-state index is 0.108. The lowest BCUT2D eigenvalue weighted by Crippen LogP contribution is -2.61. The Balaban J connectivity index is 0.978. The van der Waals surface area contributed by atoms with Gasteiger partial charge in [-0.1, -0.05) is 291 Å². The van der Waals surface area contributed by atoms with Crippen LogP contribution < -0.4 is 26.2 Å². The predicted octanol–water partition coefficient (Wildman–Crippen LogP) is 22.7. The van der Waals surface area contributed by atoms with E-state index in [4.69, 9.17) is 8.83 Å². The zero-order chi connectivity index (χ0) is 63.7. The molecule has 4 heterocycles. The number of para-hydroxylation sites is 4. The first-order valence-electron chi connectivity index (χ1n) is 33.7. The molecule has 2 aliphatic heterocycles. The molecule has 2 aromatic heterocycles. The lowest BCUT2D eigenvalue weighted by atomic mass is 9.33. The van der Waals surface area contributed by atoms with Crippen molar-refractivity contribution in [2.24, 2.45) is 0 Å². The van der Waals surface area contributed by atoms with Crippen LogP contribution in [0.1, 0.15) is 33.7 Å². The summed E-state index contributed by atoms with van der Waals surface area (Å²) in [6.07, 6.45) is 0.868. The minimum atomic E-state index is -0.309. The van der Waals surface area contributed by atoms with E-state index in [9.17, 15) is 0 Å². The average Bonchev–Trinajstić information content (AvgIpc) is 1.35. The van der Waals surface area contributed by atoms with Crippen LogP contribution >= 0.6 is 0 Å². The van der Waals surface area contributed by atoms with Crippen LogP contribution in [0.5, 0.6) is 0 Å². The summed E-state index contributed by atoms with van der Waals surface area (Å²) >= 11 is 0. The fourth-order valence-corrected chi connectivity index (χ4v) is 16.7. The maximum Gasteiger partial charge on any atom is 0.252 e. The van der Waals surface area contributed by atoms with E-state index in [1.165, 1.54) is 44.2 Å². The van der Waals surface area contributed by atoms with Gasteiger partial charge in [-0.05, 0) is 144 Å². The Kier molecular flexibility index (Phi) is 12.5. The number of rotatable bonds is 9. The third-order valence-electron chi connectivity index (χ3n) is 20.8. The van der Waals surface area contributed by atoms with Gasteiger partial charge < -0.3 is 18.6 Å². The number of anilines is 6. The van der Waals surface area contributed by atoms with Crippen LogP contribution in [0, 0.1) is 0 Å². The highest BCUT2D eigenvalue weighted by atomic mass is 16.3. The normalized spacial score (nSPS) is 13.0. The highest BCUT2D eigenvalue weighted by Crippen LogP contribution is 2.55. The SMILES string of the molecule is c1ccc(-c2cccc(-c3ccccc3)c2N2c3ccc(-c4cccc5oc6ccccc6c45)cc3B3c4cc(-c5cccc6oc7ccccc7c56)ccc4N(c4c(-c5ccccc5)cccc4-c4ccccc4)c4cc(C5c6ccccc6Cc6ccccc65)cc2c43)cc1. The maximum absolute atomic E-state index is 6.70. The van der Waals surface area contributed by atoms with Gasteiger partial charge in [-0.15, -0.1) is 0 Å². The molecule has 452 valence electrons. The van der Waals surface area contributed by atoms with E-state index in [0.717, 1.165) is 151 Å². The lowest BCUT2D eigenvalue weighted by molar-refractivity contribution is 0.668. The number of furan rings is 2. The van der Waals surface area contributed by atoms with Gasteiger partial charge in [0, 0.05) is 72.5 Å². The molecule has 15 aromatic carbocycles. The van der Waals surface area contributed by atoms with Gasteiger partial charge in [0.15, 0.2) is 0 Å². The molecule has 0 fully saturated rings. The second-order valence-electron chi connectivity index (χ2n) is 26.1. The molecule has 17 aromatic rings. The second kappa shape index (κ2) is 22.1. The van der Waals surface area contributed by atoms with Crippen molar-refractivity contribution in [3.05, 3.63) is 368 Å². The lowest BCUT2D eigenvalue weighted by Gasteiger charge is -2.46. The fourth-order valence-electron chi connectivity index (χ4n) is 16.7. The molecule has 0 radical (unpaired) electrons. The van der Waals surface area contributed by atoms with Crippen LogP contribution in [0.3, 0.4) is 0 Å². The molecule has 0 unspecified atom stereocenters. The van der Waals surface area contributed by atoms with E-state index < -0.39 is 0 Å². The third-order valence-corrected chi connectivity index (χ3v) is 20.8. The van der Waals surface area contributed by atoms with E-state index in [1.54, 1.807) is 0 Å². The van der Waals surface area contributed by atoms with Crippen molar-refractivity contribution in [3.8, 4) is 66.8 Å². The first-order valence-corrected chi connectivity index (χ1v) is 33.7. The van der Waals surface area contributed by atoms with Gasteiger partial charge in [0.25, 0.3) is 6.71 Å². The molecular formula is C92H59BN2O2. The molecule has 0 saturated heterocycles. The van der Waals surface area contributed by atoms with Crippen molar-refractivity contribution in [3.63, 3.8) is 0 Å². The van der Waals surface area contributed by atoms with E-state index in [2.05, 4.69) is 350 Å². The molecule has 1 aliphatic carbocycles. The molecule has 0 amide bonds. The van der Waals surface area contributed by atoms with E-state index >= 15 is 0 Å². The first-order chi connectivity index (χ1) is 48.1. The van der Waals surface area contributed by atoms with E-state index in [1.807, 2.05) is 0 Å². The Morgan fingerprint density at radius 2 is 0.629 bits per heavy atom.